The normalized spacial score (nSPS) is 20.0. The van der Waals surface area contributed by atoms with Crippen LogP contribution in [0.1, 0.15) is 12.8 Å². The van der Waals surface area contributed by atoms with E-state index in [1.54, 1.807) is 18.3 Å². The van der Waals surface area contributed by atoms with Crippen molar-refractivity contribution >= 4 is 43.4 Å². The SMILES string of the molecule is O=S1(=O)NCCCC(CO)Nc2nc(ncc2Br)Nc2cccc1c2. The van der Waals surface area contributed by atoms with Crippen LogP contribution < -0.4 is 15.4 Å². The zero-order valence-electron chi connectivity index (χ0n) is 13.2. The molecule has 1 aromatic carbocycles. The van der Waals surface area contributed by atoms with E-state index in [1.165, 1.54) is 12.1 Å². The monoisotopic (exact) mass is 427 g/mol. The van der Waals surface area contributed by atoms with Gasteiger partial charge in [-0.25, -0.2) is 18.1 Å². The molecule has 0 spiro atoms. The first-order valence-corrected chi connectivity index (χ1v) is 10.0. The highest BCUT2D eigenvalue weighted by molar-refractivity contribution is 9.10. The third-order valence-corrected chi connectivity index (χ3v) is 5.77. The summed E-state index contributed by atoms with van der Waals surface area (Å²) >= 11 is 3.39. The lowest BCUT2D eigenvalue weighted by Gasteiger charge is -2.19. The molecule has 4 bridgehead atoms. The van der Waals surface area contributed by atoms with E-state index in [0.29, 0.717) is 34.8 Å². The summed E-state index contributed by atoms with van der Waals surface area (Å²) in [7, 11) is -3.59. The molecule has 0 fully saturated rings. The van der Waals surface area contributed by atoms with Crippen molar-refractivity contribution in [1.82, 2.24) is 14.7 Å². The number of sulfonamides is 1. The molecule has 10 heteroatoms. The van der Waals surface area contributed by atoms with E-state index < -0.39 is 10.0 Å². The van der Waals surface area contributed by atoms with Gasteiger partial charge in [0.2, 0.25) is 16.0 Å². The molecule has 2 aromatic rings. The minimum absolute atomic E-state index is 0.0923. The van der Waals surface area contributed by atoms with Crippen LogP contribution in [0.15, 0.2) is 39.8 Å². The predicted molar refractivity (Wildman–Crippen MR) is 98.4 cm³/mol. The minimum Gasteiger partial charge on any atom is -0.394 e. The van der Waals surface area contributed by atoms with E-state index in [2.05, 4.69) is 41.3 Å². The first-order chi connectivity index (χ1) is 12.0. The molecule has 1 aromatic heterocycles. The highest BCUT2D eigenvalue weighted by Gasteiger charge is 2.17. The van der Waals surface area contributed by atoms with Crippen molar-refractivity contribution in [3.63, 3.8) is 0 Å². The van der Waals surface area contributed by atoms with E-state index in [4.69, 9.17) is 0 Å². The van der Waals surface area contributed by atoms with Gasteiger partial charge in [-0.3, -0.25) is 0 Å². The van der Waals surface area contributed by atoms with Gasteiger partial charge in [0, 0.05) is 18.4 Å². The topological polar surface area (TPSA) is 116 Å². The number of hydrogen-bond acceptors (Lipinski definition) is 7. The Morgan fingerprint density at radius 1 is 1.36 bits per heavy atom. The number of aliphatic hydroxyl groups is 1. The van der Waals surface area contributed by atoms with E-state index in [0.717, 1.165) is 0 Å². The van der Waals surface area contributed by atoms with Crippen molar-refractivity contribution in [2.45, 2.75) is 23.8 Å². The lowest BCUT2D eigenvalue weighted by atomic mass is 10.1. The largest absolute Gasteiger partial charge is 0.394 e. The summed E-state index contributed by atoms with van der Waals surface area (Å²) in [5.74, 6) is 0.882. The van der Waals surface area contributed by atoms with Crippen molar-refractivity contribution in [2.75, 3.05) is 23.8 Å². The summed E-state index contributed by atoms with van der Waals surface area (Å²) in [5.41, 5.74) is 0.562. The lowest BCUT2D eigenvalue weighted by molar-refractivity contribution is 0.267. The molecule has 0 saturated carbocycles. The van der Waals surface area contributed by atoms with Crippen LogP contribution >= 0.6 is 15.9 Å². The highest BCUT2D eigenvalue weighted by Crippen LogP contribution is 2.24. The smallest absolute Gasteiger partial charge is 0.240 e. The average Bonchev–Trinajstić information content (AvgIpc) is 2.60. The van der Waals surface area contributed by atoms with Gasteiger partial charge in [-0.05, 0) is 47.0 Å². The number of fused-ring (bicyclic) bond motifs is 4. The van der Waals surface area contributed by atoms with Crippen LogP contribution in [0.4, 0.5) is 17.5 Å². The summed E-state index contributed by atoms with van der Waals surface area (Å²) in [6, 6.07) is 6.21. The fraction of sp³-hybridized carbons (Fsp3) is 0.333. The van der Waals surface area contributed by atoms with E-state index in [1.807, 2.05) is 0 Å². The second-order valence-electron chi connectivity index (χ2n) is 5.61. The number of hydrogen-bond donors (Lipinski definition) is 4. The number of nitrogens with one attached hydrogen (secondary N) is 3. The van der Waals surface area contributed by atoms with Crippen molar-refractivity contribution in [3.05, 3.63) is 34.9 Å². The fourth-order valence-corrected chi connectivity index (χ4v) is 3.86. The number of aromatic nitrogens is 2. The van der Waals surface area contributed by atoms with Crippen LogP contribution in [-0.2, 0) is 10.0 Å². The van der Waals surface area contributed by atoms with Crippen molar-refractivity contribution < 1.29 is 13.5 Å². The van der Waals surface area contributed by atoms with Gasteiger partial charge in [0.1, 0.15) is 5.82 Å². The first-order valence-electron chi connectivity index (χ1n) is 7.74. The molecule has 1 aliphatic rings. The molecular formula is C15H18BrN5O3S. The Morgan fingerprint density at radius 2 is 2.20 bits per heavy atom. The van der Waals surface area contributed by atoms with Gasteiger partial charge < -0.3 is 15.7 Å². The predicted octanol–water partition coefficient (Wildman–Crippen LogP) is 1.83. The van der Waals surface area contributed by atoms with Gasteiger partial charge in [-0.2, -0.15) is 4.98 Å². The first kappa shape index (κ1) is 18.1. The maximum atomic E-state index is 12.4. The Labute approximate surface area is 154 Å². The van der Waals surface area contributed by atoms with Crippen LogP contribution in [0, 0.1) is 0 Å². The molecular weight excluding hydrogens is 410 g/mol. The van der Waals surface area contributed by atoms with Crippen molar-refractivity contribution in [2.24, 2.45) is 0 Å². The zero-order valence-corrected chi connectivity index (χ0v) is 15.6. The molecule has 134 valence electrons. The Kier molecular flexibility index (Phi) is 5.52. The molecule has 4 N–H and O–H groups in total. The number of halogens is 1. The van der Waals surface area contributed by atoms with Gasteiger partial charge in [0.15, 0.2) is 0 Å². The van der Waals surface area contributed by atoms with E-state index >= 15 is 0 Å². The van der Waals surface area contributed by atoms with Crippen molar-refractivity contribution in [1.29, 1.82) is 0 Å². The highest BCUT2D eigenvalue weighted by atomic mass is 79.9. The standard InChI is InChI=1S/C15H18BrN5O3S/c16-13-8-17-15-20-10-3-1-5-12(7-10)25(23,24)18-6-2-4-11(9-22)19-14(13)21-15/h1,3,5,7-8,11,18,22H,2,4,6,9H2,(H2,17,19,20,21). The Hall–Kier alpha value is -1.75. The second kappa shape index (κ2) is 7.65. The maximum absolute atomic E-state index is 12.4. The summed E-state index contributed by atoms with van der Waals surface area (Å²) in [6.45, 7) is 0.194. The molecule has 0 aliphatic carbocycles. The average molecular weight is 428 g/mol. The molecule has 1 unspecified atom stereocenters. The summed E-state index contributed by atoms with van der Waals surface area (Å²) in [4.78, 5) is 8.74. The summed E-state index contributed by atoms with van der Waals surface area (Å²) in [6.07, 6.45) is 2.75. The van der Waals surface area contributed by atoms with Crippen LogP contribution in [0.25, 0.3) is 0 Å². The number of rotatable bonds is 1. The van der Waals surface area contributed by atoms with Crippen LogP contribution in [-0.4, -0.2) is 42.7 Å². The number of benzene rings is 1. The molecule has 0 radical (unpaired) electrons. The zero-order chi connectivity index (χ0) is 17.9. The molecule has 2 heterocycles. The van der Waals surface area contributed by atoms with Crippen molar-refractivity contribution in [3.8, 4) is 0 Å². The summed E-state index contributed by atoms with van der Waals surface area (Å²) in [5, 5.41) is 15.7. The number of anilines is 3. The van der Waals surface area contributed by atoms with Crippen LogP contribution in [0.3, 0.4) is 0 Å². The minimum atomic E-state index is -3.59. The summed E-state index contributed by atoms with van der Waals surface area (Å²) < 4.78 is 28.0. The quantitative estimate of drug-likeness (QED) is 0.548. The van der Waals surface area contributed by atoms with Gasteiger partial charge in [0.05, 0.1) is 22.0 Å². The van der Waals surface area contributed by atoms with E-state index in [-0.39, 0.29) is 24.1 Å². The second-order valence-corrected chi connectivity index (χ2v) is 8.23. The van der Waals surface area contributed by atoms with Gasteiger partial charge in [0.25, 0.3) is 0 Å². The molecule has 1 atom stereocenters. The molecule has 3 rings (SSSR count). The van der Waals surface area contributed by atoms with Gasteiger partial charge in [-0.15, -0.1) is 0 Å². The maximum Gasteiger partial charge on any atom is 0.240 e. The Morgan fingerprint density at radius 3 is 3.00 bits per heavy atom. The third kappa shape index (κ3) is 4.46. The fourth-order valence-electron chi connectivity index (χ4n) is 2.44. The molecule has 0 saturated heterocycles. The number of aliphatic hydroxyl groups excluding tert-OH is 1. The third-order valence-electron chi connectivity index (χ3n) is 3.73. The molecule has 8 nitrogen and oxygen atoms in total. The Balaban J connectivity index is 2.00. The lowest BCUT2D eigenvalue weighted by Crippen LogP contribution is -2.29. The molecule has 0 amide bonds. The van der Waals surface area contributed by atoms with Crippen LogP contribution in [0.2, 0.25) is 0 Å². The van der Waals surface area contributed by atoms with Gasteiger partial charge >= 0.3 is 0 Å². The number of nitrogens with zero attached hydrogens (tertiary/aromatic N) is 2. The Bertz CT molecular complexity index is 862. The van der Waals surface area contributed by atoms with Gasteiger partial charge in [-0.1, -0.05) is 6.07 Å². The molecule has 25 heavy (non-hydrogen) atoms. The van der Waals surface area contributed by atoms with E-state index in [9.17, 15) is 13.5 Å². The molecule has 1 aliphatic heterocycles. The van der Waals surface area contributed by atoms with Crippen LogP contribution in [0.5, 0.6) is 0 Å².